The predicted octanol–water partition coefficient (Wildman–Crippen LogP) is 2.98. The van der Waals surface area contributed by atoms with Crippen LogP contribution in [-0.4, -0.2) is 17.3 Å². The molecule has 0 aromatic heterocycles. The van der Waals surface area contributed by atoms with Crippen molar-refractivity contribution in [3.05, 3.63) is 28.3 Å². The summed E-state index contributed by atoms with van der Waals surface area (Å²) in [5.74, 6) is 1.40. The molecule has 1 heterocycles. The fourth-order valence-electron chi connectivity index (χ4n) is 2.71. The average Bonchev–Trinajstić information content (AvgIpc) is 2.99. The van der Waals surface area contributed by atoms with Gasteiger partial charge in [-0.1, -0.05) is 11.6 Å². The zero-order valence-electron chi connectivity index (χ0n) is 10.0. The second-order valence-corrected chi connectivity index (χ2v) is 5.90. The summed E-state index contributed by atoms with van der Waals surface area (Å²) >= 11 is 6.12. The third-order valence-electron chi connectivity index (χ3n) is 3.83. The SMILES string of the molecule is CC(O)(Cc1cc(Cl)cc2c1OCC2)C1CC1. The van der Waals surface area contributed by atoms with E-state index in [1.807, 2.05) is 19.1 Å². The quantitative estimate of drug-likeness (QED) is 0.896. The Morgan fingerprint density at radius 3 is 2.94 bits per heavy atom. The van der Waals surface area contributed by atoms with Crippen LogP contribution in [0.15, 0.2) is 12.1 Å². The zero-order chi connectivity index (χ0) is 12.0. The van der Waals surface area contributed by atoms with Gasteiger partial charge in [0.05, 0.1) is 12.2 Å². The highest BCUT2D eigenvalue weighted by Crippen LogP contribution is 2.43. The van der Waals surface area contributed by atoms with Crippen molar-refractivity contribution in [2.24, 2.45) is 5.92 Å². The van der Waals surface area contributed by atoms with Crippen molar-refractivity contribution in [2.45, 2.75) is 38.2 Å². The van der Waals surface area contributed by atoms with E-state index in [1.54, 1.807) is 0 Å². The van der Waals surface area contributed by atoms with Crippen LogP contribution in [0, 0.1) is 5.92 Å². The lowest BCUT2D eigenvalue weighted by atomic mass is 9.90. The van der Waals surface area contributed by atoms with Crippen molar-refractivity contribution in [3.8, 4) is 5.75 Å². The Labute approximate surface area is 107 Å². The van der Waals surface area contributed by atoms with Crippen molar-refractivity contribution < 1.29 is 9.84 Å². The zero-order valence-corrected chi connectivity index (χ0v) is 10.8. The molecule has 1 N–H and O–H groups in total. The molecule has 2 nitrogen and oxygen atoms in total. The summed E-state index contributed by atoms with van der Waals surface area (Å²) in [6, 6.07) is 3.90. The molecule has 1 aliphatic heterocycles. The minimum Gasteiger partial charge on any atom is -0.493 e. The number of hydrogen-bond acceptors (Lipinski definition) is 2. The number of benzene rings is 1. The Bertz CT molecular complexity index is 450. The van der Waals surface area contributed by atoms with Crippen molar-refractivity contribution >= 4 is 11.6 Å². The Hall–Kier alpha value is -0.730. The first-order valence-corrected chi connectivity index (χ1v) is 6.60. The first-order valence-electron chi connectivity index (χ1n) is 6.23. The van der Waals surface area contributed by atoms with Crippen LogP contribution in [0.4, 0.5) is 0 Å². The molecule has 1 aromatic rings. The highest BCUT2D eigenvalue weighted by molar-refractivity contribution is 6.30. The van der Waals surface area contributed by atoms with Gasteiger partial charge in [-0.2, -0.15) is 0 Å². The molecule has 3 heteroatoms. The Kier molecular flexibility index (Phi) is 2.60. The number of rotatable bonds is 3. The van der Waals surface area contributed by atoms with Crippen LogP contribution in [-0.2, 0) is 12.8 Å². The summed E-state index contributed by atoms with van der Waals surface area (Å²) in [7, 11) is 0. The molecule has 1 aliphatic carbocycles. The van der Waals surface area contributed by atoms with Gasteiger partial charge in [0.25, 0.3) is 0 Å². The standard InChI is InChI=1S/C14H17ClO2/c1-14(16,11-2-3-11)8-10-7-12(15)6-9-4-5-17-13(9)10/h6-7,11,16H,2-5,8H2,1H3. The van der Waals surface area contributed by atoms with Crippen LogP contribution in [0.1, 0.15) is 30.9 Å². The summed E-state index contributed by atoms with van der Waals surface area (Å²) in [5, 5.41) is 11.2. The van der Waals surface area contributed by atoms with E-state index in [2.05, 4.69) is 0 Å². The van der Waals surface area contributed by atoms with Crippen LogP contribution in [0.5, 0.6) is 5.75 Å². The van der Waals surface area contributed by atoms with Crippen LogP contribution in [0.2, 0.25) is 5.02 Å². The van der Waals surface area contributed by atoms with Crippen molar-refractivity contribution in [1.82, 2.24) is 0 Å². The van der Waals surface area contributed by atoms with Crippen LogP contribution in [0.3, 0.4) is 0 Å². The summed E-state index contributed by atoms with van der Waals surface area (Å²) in [5.41, 5.74) is 1.62. The summed E-state index contributed by atoms with van der Waals surface area (Å²) < 4.78 is 5.66. The molecule has 92 valence electrons. The van der Waals surface area contributed by atoms with Crippen LogP contribution >= 0.6 is 11.6 Å². The smallest absolute Gasteiger partial charge is 0.126 e. The highest BCUT2D eigenvalue weighted by atomic mass is 35.5. The normalized spacial score (nSPS) is 21.8. The molecule has 1 atom stereocenters. The molecule has 1 saturated carbocycles. The van der Waals surface area contributed by atoms with E-state index in [-0.39, 0.29) is 0 Å². The molecule has 0 spiro atoms. The molecule has 3 rings (SSSR count). The molecule has 0 bridgehead atoms. The Balaban J connectivity index is 1.92. The van der Waals surface area contributed by atoms with Gasteiger partial charge in [0.1, 0.15) is 5.75 Å². The van der Waals surface area contributed by atoms with Gasteiger partial charge >= 0.3 is 0 Å². The summed E-state index contributed by atoms with van der Waals surface area (Å²) in [6.45, 7) is 2.65. The lowest BCUT2D eigenvalue weighted by molar-refractivity contribution is 0.0366. The lowest BCUT2D eigenvalue weighted by Gasteiger charge is -2.24. The highest BCUT2D eigenvalue weighted by Gasteiger charge is 2.40. The summed E-state index contributed by atoms with van der Waals surface area (Å²) in [6.07, 6.45) is 3.84. The van der Waals surface area contributed by atoms with Gasteiger partial charge in [-0.25, -0.2) is 0 Å². The molecule has 17 heavy (non-hydrogen) atoms. The number of ether oxygens (including phenoxy) is 1. The summed E-state index contributed by atoms with van der Waals surface area (Å²) in [4.78, 5) is 0. The number of aliphatic hydroxyl groups is 1. The fourth-order valence-corrected chi connectivity index (χ4v) is 2.98. The number of halogens is 1. The topological polar surface area (TPSA) is 29.5 Å². The van der Waals surface area contributed by atoms with Gasteiger partial charge in [-0.3, -0.25) is 0 Å². The van der Waals surface area contributed by atoms with E-state index < -0.39 is 5.60 Å². The maximum Gasteiger partial charge on any atom is 0.126 e. The van der Waals surface area contributed by atoms with Gasteiger partial charge in [-0.15, -0.1) is 0 Å². The molecule has 1 unspecified atom stereocenters. The minimum atomic E-state index is -0.621. The van der Waals surface area contributed by atoms with Gasteiger partial charge in [0.15, 0.2) is 0 Å². The molecule has 2 aliphatic rings. The van der Waals surface area contributed by atoms with Crippen LogP contribution in [0.25, 0.3) is 0 Å². The van der Waals surface area contributed by atoms with E-state index in [9.17, 15) is 5.11 Å². The van der Waals surface area contributed by atoms with Crippen molar-refractivity contribution in [2.75, 3.05) is 6.61 Å². The number of fused-ring (bicyclic) bond motifs is 1. The van der Waals surface area contributed by atoms with Crippen molar-refractivity contribution in [3.63, 3.8) is 0 Å². The third kappa shape index (κ3) is 2.16. The first kappa shape index (κ1) is 11.4. The molecule has 0 saturated heterocycles. The third-order valence-corrected chi connectivity index (χ3v) is 4.05. The Morgan fingerprint density at radius 2 is 2.24 bits per heavy atom. The second-order valence-electron chi connectivity index (χ2n) is 5.46. The van der Waals surface area contributed by atoms with E-state index in [1.165, 1.54) is 5.56 Å². The van der Waals surface area contributed by atoms with Gasteiger partial charge in [-0.05, 0) is 48.9 Å². The monoisotopic (exact) mass is 252 g/mol. The number of hydrogen-bond donors (Lipinski definition) is 1. The largest absolute Gasteiger partial charge is 0.493 e. The van der Waals surface area contributed by atoms with E-state index in [4.69, 9.17) is 16.3 Å². The molecule has 0 radical (unpaired) electrons. The Morgan fingerprint density at radius 1 is 1.47 bits per heavy atom. The predicted molar refractivity (Wildman–Crippen MR) is 67.7 cm³/mol. The van der Waals surface area contributed by atoms with Gasteiger partial charge in [0, 0.05) is 17.9 Å². The average molecular weight is 253 g/mol. The minimum absolute atomic E-state index is 0.443. The van der Waals surface area contributed by atoms with E-state index >= 15 is 0 Å². The molecule has 0 amide bonds. The van der Waals surface area contributed by atoms with Crippen molar-refractivity contribution in [1.29, 1.82) is 0 Å². The maximum absolute atomic E-state index is 10.4. The maximum atomic E-state index is 10.4. The first-order chi connectivity index (χ1) is 8.06. The molecular weight excluding hydrogens is 236 g/mol. The van der Waals surface area contributed by atoms with E-state index in [0.29, 0.717) is 12.3 Å². The van der Waals surface area contributed by atoms with Gasteiger partial charge in [0.2, 0.25) is 0 Å². The molecule has 1 aromatic carbocycles. The lowest BCUT2D eigenvalue weighted by Crippen LogP contribution is -2.29. The van der Waals surface area contributed by atoms with Crippen LogP contribution < -0.4 is 4.74 Å². The second kappa shape index (κ2) is 3.89. The molecular formula is C14H17ClO2. The van der Waals surface area contributed by atoms with Gasteiger partial charge < -0.3 is 9.84 Å². The van der Waals surface area contributed by atoms with E-state index in [0.717, 1.165) is 42.2 Å². The molecule has 1 fully saturated rings. The fraction of sp³-hybridized carbons (Fsp3) is 0.571.